The van der Waals surface area contributed by atoms with Crippen molar-refractivity contribution in [2.75, 3.05) is 6.61 Å². The summed E-state index contributed by atoms with van der Waals surface area (Å²) in [5, 5.41) is 10.8. The summed E-state index contributed by atoms with van der Waals surface area (Å²) in [7, 11) is 0. The number of para-hydroxylation sites is 2. The zero-order chi connectivity index (χ0) is 20.4. The van der Waals surface area contributed by atoms with Crippen LogP contribution in [0.3, 0.4) is 0 Å². The van der Waals surface area contributed by atoms with Crippen molar-refractivity contribution in [1.29, 1.82) is 0 Å². The molecule has 0 bridgehead atoms. The third-order valence-corrected chi connectivity index (χ3v) is 6.07. The van der Waals surface area contributed by atoms with Crippen molar-refractivity contribution in [1.82, 2.24) is 9.55 Å². The lowest BCUT2D eigenvalue weighted by molar-refractivity contribution is 0.0915. The molecule has 4 rings (SSSR count). The van der Waals surface area contributed by atoms with Crippen molar-refractivity contribution in [2.24, 2.45) is 0 Å². The second-order valence-corrected chi connectivity index (χ2v) is 8.60. The molecule has 0 spiro atoms. The van der Waals surface area contributed by atoms with Crippen LogP contribution in [0.2, 0.25) is 0 Å². The predicted octanol–water partition coefficient (Wildman–Crippen LogP) is 5.87. The molecule has 1 aliphatic rings. The van der Waals surface area contributed by atoms with Gasteiger partial charge in [-0.05, 0) is 56.9 Å². The van der Waals surface area contributed by atoms with E-state index in [2.05, 4.69) is 49.6 Å². The van der Waals surface area contributed by atoms with Crippen LogP contribution in [0.5, 0.6) is 5.75 Å². The van der Waals surface area contributed by atoms with E-state index in [0.717, 1.165) is 33.7 Å². The van der Waals surface area contributed by atoms with E-state index in [0.29, 0.717) is 12.5 Å². The van der Waals surface area contributed by atoms with E-state index in [1.165, 1.54) is 37.7 Å². The number of hydrogen-bond donors (Lipinski definition) is 1. The predicted molar refractivity (Wildman–Crippen MR) is 125 cm³/mol. The normalized spacial score (nSPS) is 15.7. The van der Waals surface area contributed by atoms with Gasteiger partial charge in [0.05, 0.1) is 17.6 Å². The van der Waals surface area contributed by atoms with E-state index in [1.54, 1.807) is 0 Å². The van der Waals surface area contributed by atoms with Gasteiger partial charge in [-0.2, -0.15) is 0 Å². The van der Waals surface area contributed by atoms with Gasteiger partial charge in [0.1, 0.15) is 24.3 Å². The Kier molecular flexibility index (Phi) is 7.43. The summed E-state index contributed by atoms with van der Waals surface area (Å²) in [5.41, 5.74) is 5.59. The van der Waals surface area contributed by atoms with Gasteiger partial charge in [-0.15, -0.1) is 12.4 Å². The maximum absolute atomic E-state index is 10.8. The largest absolute Gasteiger partial charge is 0.490 e. The van der Waals surface area contributed by atoms with Gasteiger partial charge in [0.25, 0.3) is 0 Å². The molecule has 2 aromatic carbocycles. The van der Waals surface area contributed by atoms with Gasteiger partial charge < -0.3 is 14.4 Å². The molecule has 0 radical (unpaired) electrons. The molecule has 1 fully saturated rings. The highest BCUT2D eigenvalue weighted by atomic mass is 35.5. The topological polar surface area (TPSA) is 47.3 Å². The number of ether oxygens (including phenoxy) is 1. The molecule has 1 saturated carbocycles. The maximum Gasteiger partial charge on any atom is 0.125 e. The van der Waals surface area contributed by atoms with Crippen molar-refractivity contribution < 1.29 is 9.84 Å². The fourth-order valence-electron chi connectivity index (χ4n) is 4.80. The van der Waals surface area contributed by atoms with Crippen LogP contribution in [-0.2, 0) is 6.54 Å². The van der Waals surface area contributed by atoms with Gasteiger partial charge in [-0.3, -0.25) is 0 Å². The van der Waals surface area contributed by atoms with Crippen LogP contribution in [0.4, 0.5) is 0 Å². The summed E-state index contributed by atoms with van der Waals surface area (Å²) in [6, 6.07) is 12.5. The number of imidazole rings is 1. The summed E-state index contributed by atoms with van der Waals surface area (Å²) in [6.07, 6.45) is 5.66. The first-order chi connectivity index (χ1) is 14.0. The second-order valence-electron chi connectivity index (χ2n) is 8.60. The minimum Gasteiger partial charge on any atom is -0.490 e. The Hall–Kier alpha value is -2.04. The van der Waals surface area contributed by atoms with Crippen LogP contribution in [0.15, 0.2) is 36.4 Å². The zero-order valence-electron chi connectivity index (χ0n) is 18.2. The standard InChI is InChI=1S/C25H32N2O2.ClH/c1-17-13-18(2)24(19(3)14-17)29-16-21(28)15-27-23-12-8-7-11-22(23)26-25(27)20-9-5-4-6-10-20;/h7-8,11-14,20-21,28H,4-6,9-10,15-16H2,1-3H3;1H. The van der Waals surface area contributed by atoms with E-state index in [9.17, 15) is 5.11 Å². The van der Waals surface area contributed by atoms with Crippen molar-refractivity contribution in [3.05, 3.63) is 58.9 Å². The molecule has 1 atom stereocenters. The van der Waals surface area contributed by atoms with Gasteiger partial charge in [0.15, 0.2) is 0 Å². The number of fused-ring (bicyclic) bond motifs is 1. The summed E-state index contributed by atoms with van der Waals surface area (Å²) < 4.78 is 8.28. The Balaban J connectivity index is 0.00000256. The van der Waals surface area contributed by atoms with Crippen molar-refractivity contribution in [2.45, 2.75) is 71.4 Å². The molecule has 1 aliphatic carbocycles. The van der Waals surface area contributed by atoms with E-state index >= 15 is 0 Å². The monoisotopic (exact) mass is 428 g/mol. The Morgan fingerprint density at radius 2 is 1.73 bits per heavy atom. The average molecular weight is 429 g/mol. The highest BCUT2D eigenvalue weighted by Crippen LogP contribution is 2.34. The number of aromatic nitrogens is 2. The number of aryl methyl sites for hydroxylation is 3. The fourth-order valence-corrected chi connectivity index (χ4v) is 4.80. The summed E-state index contributed by atoms with van der Waals surface area (Å²) in [4.78, 5) is 4.96. The van der Waals surface area contributed by atoms with Gasteiger partial charge in [0, 0.05) is 5.92 Å². The number of nitrogens with zero attached hydrogens (tertiary/aromatic N) is 2. The molecule has 5 heteroatoms. The smallest absolute Gasteiger partial charge is 0.125 e. The molecule has 0 amide bonds. The number of aliphatic hydroxyl groups excluding tert-OH is 1. The molecule has 0 saturated heterocycles. The van der Waals surface area contributed by atoms with E-state index in [-0.39, 0.29) is 19.0 Å². The first kappa shape index (κ1) is 22.6. The lowest BCUT2D eigenvalue weighted by Crippen LogP contribution is -2.26. The average Bonchev–Trinajstić information content (AvgIpc) is 3.06. The van der Waals surface area contributed by atoms with Crippen LogP contribution < -0.4 is 4.74 Å². The molecule has 0 aliphatic heterocycles. The first-order valence-electron chi connectivity index (χ1n) is 10.9. The molecule has 30 heavy (non-hydrogen) atoms. The molecule has 1 aromatic heterocycles. The minimum absolute atomic E-state index is 0. The summed E-state index contributed by atoms with van der Waals surface area (Å²) >= 11 is 0. The lowest BCUT2D eigenvalue weighted by atomic mass is 9.88. The Morgan fingerprint density at radius 3 is 2.43 bits per heavy atom. The number of benzene rings is 2. The Bertz CT molecular complexity index is 969. The van der Waals surface area contributed by atoms with Crippen molar-refractivity contribution in [3.63, 3.8) is 0 Å². The van der Waals surface area contributed by atoms with Gasteiger partial charge in [0.2, 0.25) is 0 Å². The number of aliphatic hydroxyl groups is 1. The molecule has 3 aromatic rings. The van der Waals surface area contributed by atoms with Crippen LogP contribution in [0.25, 0.3) is 11.0 Å². The van der Waals surface area contributed by atoms with Crippen LogP contribution >= 0.6 is 12.4 Å². The highest BCUT2D eigenvalue weighted by molar-refractivity contribution is 5.85. The maximum atomic E-state index is 10.8. The Morgan fingerprint density at radius 1 is 1.07 bits per heavy atom. The molecule has 1 N–H and O–H groups in total. The highest BCUT2D eigenvalue weighted by Gasteiger charge is 2.23. The molecular weight excluding hydrogens is 396 g/mol. The number of hydrogen-bond acceptors (Lipinski definition) is 3. The molecule has 4 nitrogen and oxygen atoms in total. The molecule has 1 unspecified atom stereocenters. The van der Waals surface area contributed by atoms with Gasteiger partial charge >= 0.3 is 0 Å². The molecule has 1 heterocycles. The first-order valence-corrected chi connectivity index (χ1v) is 10.9. The van der Waals surface area contributed by atoms with Crippen molar-refractivity contribution in [3.8, 4) is 5.75 Å². The van der Waals surface area contributed by atoms with E-state index in [1.807, 2.05) is 12.1 Å². The zero-order valence-corrected chi connectivity index (χ0v) is 19.0. The quantitative estimate of drug-likeness (QED) is 0.534. The molecule has 162 valence electrons. The summed E-state index contributed by atoms with van der Waals surface area (Å²) in [5.74, 6) is 2.51. The van der Waals surface area contributed by atoms with Crippen LogP contribution in [0, 0.1) is 20.8 Å². The van der Waals surface area contributed by atoms with E-state index in [4.69, 9.17) is 9.72 Å². The SMILES string of the molecule is Cc1cc(C)c(OCC(O)Cn2c(C3CCCCC3)nc3ccccc32)c(C)c1.Cl. The van der Waals surface area contributed by atoms with Gasteiger partial charge in [-0.25, -0.2) is 4.98 Å². The number of rotatable bonds is 6. The third kappa shape index (κ3) is 4.81. The van der Waals surface area contributed by atoms with Crippen molar-refractivity contribution >= 4 is 23.4 Å². The third-order valence-electron chi connectivity index (χ3n) is 6.07. The minimum atomic E-state index is -0.588. The Labute approximate surface area is 185 Å². The van der Waals surface area contributed by atoms with Gasteiger partial charge in [-0.1, -0.05) is 49.1 Å². The lowest BCUT2D eigenvalue weighted by Gasteiger charge is -2.23. The van der Waals surface area contributed by atoms with Crippen LogP contribution in [-0.4, -0.2) is 27.4 Å². The molecular formula is C25H33ClN2O2. The summed E-state index contributed by atoms with van der Waals surface area (Å²) in [6.45, 7) is 7.01. The number of halogens is 1. The second kappa shape index (κ2) is 9.84. The van der Waals surface area contributed by atoms with Crippen LogP contribution in [0.1, 0.15) is 60.5 Å². The fraction of sp³-hybridized carbons (Fsp3) is 0.480. The van der Waals surface area contributed by atoms with E-state index < -0.39 is 6.10 Å².